The van der Waals surface area contributed by atoms with E-state index in [0.29, 0.717) is 79.3 Å². The van der Waals surface area contributed by atoms with Crippen LogP contribution in [0.2, 0.25) is 10.0 Å². The summed E-state index contributed by atoms with van der Waals surface area (Å²) in [6.07, 6.45) is -1.40. The van der Waals surface area contributed by atoms with Crippen molar-refractivity contribution in [2.24, 2.45) is 5.92 Å². The summed E-state index contributed by atoms with van der Waals surface area (Å²) in [6, 6.07) is 14.3. The number of halogens is 5. The molecule has 59 heavy (non-hydrogen) atoms. The van der Waals surface area contributed by atoms with Gasteiger partial charge in [0.15, 0.2) is 5.58 Å². The molecule has 11 nitrogen and oxygen atoms in total. The lowest BCUT2D eigenvalue weighted by atomic mass is 9.95. The number of alkyl halides is 3. The van der Waals surface area contributed by atoms with Crippen molar-refractivity contribution in [1.82, 2.24) is 25.5 Å². The van der Waals surface area contributed by atoms with Crippen LogP contribution in [-0.4, -0.2) is 64.6 Å². The van der Waals surface area contributed by atoms with Crippen LogP contribution in [0.5, 0.6) is 11.8 Å². The second-order valence-electron chi connectivity index (χ2n) is 15.6. The number of likely N-dealkylation sites (tertiary alicyclic amines) is 1. The van der Waals surface area contributed by atoms with E-state index >= 15 is 0 Å². The second kappa shape index (κ2) is 15.6. The number of carbonyl (C=O) groups excluding carboxylic acids is 1. The molecule has 4 heterocycles. The van der Waals surface area contributed by atoms with Gasteiger partial charge < -0.3 is 29.6 Å². The summed E-state index contributed by atoms with van der Waals surface area (Å²) < 4.78 is 62.6. The summed E-state index contributed by atoms with van der Waals surface area (Å²) in [4.78, 5) is 34.4. The largest absolute Gasteiger partial charge is 0.481 e. The third kappa shape index (κ3) is 7.38. The highest BCUT2D eigenvalue weighted by molar-refractivity contribution is 6.36. The Balaban J connectivity index is 0.987. The summed E-state index contributed by atoms with van der Waals surface area (Å²) in [7, 11) is 1.53. The molecule has 2 saturated heterocycles. The normalized spacial score (nSPS) is 21.6. The zero-order chi connectivity index (χ0) is 41.2. The Labute approximate surface area is 347 Å². The van der Waals surface area contributed by atoms with E-state index < -0.39 is 23.6 Å². The number of carboxylic acid groups (broad SMARTS) is 1. The minimum atomic E-state index is -4.71. The topological polar surface area (TPSA) is 139 Å². The summed E-state index contributed by atoms with van der Waals surface area (Å²) in [6.45, 7) is 1.82. The summed E-state index contributed by atoms with van der Waals surface area (Å²) in [5, 5.41) is 16.4. The van der Waals surface area contributed by atoms with Crippen LogP contribution >= 0.6 is 23.2 Å². The van der Waals surface area contributed by atoms with E-state index in [1.54, 1.807) is 24.3 Å². The van der Waals surface area contributed by atoms with Gasteiger partial charge in [0.2, 0.25) is 23.6 Å². The van der Waals surface area contributed by atoms with Crippen molar-refractivity contribution in [1.29, 1.82) is 0 Å². The minimum Gasteiger partial charge on any atom is -0.481 e. The van der Waals surface area contributed by atoms with Crippen LogP contribution in [0.1, 0.15) is 77.6 Å². The van der Waals surface area contributed by atoms with Gasteiger partial charge in [-0.2, -0.15) is 18.2 Å². The molecule has 3 N–H and O–H groups in total. The van der Waals surface area contributed by atoms with Gasteiger partial charge in [-0.25, -0.2) is 4.98 Å². The van der Waals surface area contributed by atoms with Crippen molar-refractivity contribution in [3.63, 3.8) is 0 Å². The highest BCUT2D eigenvalue weighted by Gasteiger charge is 2.44. The lowest BCUT2D eigenvalue weighted by molar-refractivity contribution is -0.141. The van der Waals surface area contributed by atoms with Gasteiger partial charge in [0.25, 0.3) is 0 Å². The van der Waals surface area contributed by atoms with Crippen LogP contribution in [0.3, 0.4) is 0 Å². The molecule has 2 aliphatic heterocycles. The average molecular weight is 851 g/mol. The number of nitrogens with zero attached hydrogens (tertiary/aromatic N) is 3. The van der Waals surface area contributed by atoms with Crippen molar-refractivity contribution >= 4 is 46.2 Å². The number of oxazole rings is 1. The van der Waals surface area contributed by atoms with E-state index in [9.17, 15) is 27.9 Å². The number of nitrogens with one attached hydrogen (secondary N) is 2. The van der Waals surface area contributed by atoms with E-state index in [4.69, 9.17) is 37.1 Å². The molecule has 0 unspecified atom stereocenters. The molecule has 9 rings (SSSR count). The molecule has 2 aromatic heterocycles. The van der Waals surface area contributed by atoms with Gasteiger partial charge in [0.1, 0.15) is 22.2 Å². The molecule has 0 bridgehead atoms. The van der Waals surface area contributed by atoms with Crippen LogP contribution in [0.25, 0.3) is 33.7 Å². The molecule has 0 saturated carbocycles. The molecule has 3 aromatic carbocycles. The number of carboxylic acids is 1. The number of fused-ring (bicyclic) bond motifs is 3. The van der Waals surface area contributed by atoms with Gasteiger partial charge in [-0.15, -0.1) is 0 Å². The molecular weight excluding hydrogens is 810 g/mol. The van der Waals surface area contributed by atoms with Gasteiger partial charge in [0, 0.05) is 49.3 Å². The Bertz CT molecular complexity index is 2490. The number of amides is 1. The predicted octanol–water partition coefficient (Wildman–Crippen LogP) is 8.72. The Hall–Kier alpha value is -4.89. The fraction of sp³-hybridized carbons (Fsp3) is 0.395. The number of pyridine rings is 1. The number of hydrogen-bond donors (Lipinski definition) is 3. The van der Waals surface area contributed by atoms with E-state index in [1.807, 2.05) is 29.2 Å². The average Bonchev–Trinajstić information content (AvgIpc) is 4.05. The Morgan fingerprint density at radius 1 is 0.983 bits per heavy atom. The van der Waals surface area contributed by atoms with Crippen LogP contribution in [0.4, 0.5) is 13.2 Å². The SMILES string of the molecule is COc1nc(O[C@H]2CCc3c(-c4cccc(-c5nc6cc7c(c(C(F)(F)F)c6o5)CC[C@H]7N5CC[C@@H](C(=O)O)C5)c4Cl)cccc32)c(Cl)cc1CNC[C@H]1CCC(=O)N1. The third-order valence-electron chi connectivity index (χ3n) is 12.1. The van der Waals surface area contributed by atoms with Crippen molar-refractivity contribution in [2.45, 2.75) is 75.9 Å². The van der Waals surface area contributed by atoms with Crippen molar-refractivity contribution in [3.8, 4) is 34.3 Å². The maximum atomic E-state index is 14.9. The number of aliphatic carboxylic acids is 1. The lowest BCUT2D eigenvalue weighted by Crippen LogP contribution is -2.35. The molecule has 2 aliphatic carbocycles. The van der Waals surface area contributed by atoms with Gasteiger partial charge in [0.05, 0.1) is 23.6 Å². The van der Waals surface area contributed by atoms with Crippen molar-refractivity contribution < 1.29 is 41.8 Å². The molecule has 16 heteroatoms. The third-order valence-corrected chi connectivity index (χ3v) is 12.8. The Morgan fingerprint density at radius 3 is 2.51 bits per heavy atom. The first-order valence-corrected chi connectivity index (χ1v) is 20.4. The number of aromatic nitrogens is 2. The number of benzene rings is 3. The van der Waals surface area contributed by atoms with Gasteiger partial charge in [-0.1, -0.05) is 53.5 Å². The van der Waals surface area contributed by atoms with Crippen LogP contribution in [0.15, 0.2) is 52.9 Å². The number of hydrogen-bond acceptors (Lipinski definition) is 9. The summed E-state index contributed by atoms with van der Waals surface area (Å²) in [5.41, 5.74) is 4.11. The van der Waals surface area contributed by atoms with Gasteiger partial charge >= 0.3 is 12.1 Å². The van der Waals surface area contributed by atoms with E-state index in [0.717, 1.165) is 28.7 Å². The molecular formula is C43H40Cl2F3N5O6. The monoisotopic (exact) mass is 849 g/mol. The minimum absolute atomic E-state index is 0.0305. The first-order chi connectivity index (χ1) is 28.4. The van der Waals surface area contributed by atoms with E-state index in [-0.39, 0.29) is 70.5 Å². The van der Waals surface area contributed by atoms with Gasteiger partial charge in [-0.05, 0) is 91.1 Å². The first kappa shape index (κ1) is 39.6. The molecule has 5 aromatic rings. The molecule has 0 radical (unpaired) electrons. The highest BCUT2D eigenvalue weighted by Crippen LogP contribution is 2.49. The second-order valence-corrected chi connectivity index (χ2v) is 16.4. The molecule has 308 valence electrons. The fourth-order valence-electron chi connectivity index (χ4n) is 9.32. The Kier molecular flexibility index (Phi) is 10.5. The molecule has 2 fully saturated rings. The number of methoxy groups -OCH3 is 1. The first-order valence-electron chi connectivity index (χ1n) is 19.7. The van der Waals surface area contributed by atoms with Crippen LogP contribution < -0.4 is 20.1 Å². The Morgan fingerprint density at radius 2 is 1.76 bits per heavy atom. The highest BCUT2D eigenvalue weighted by atomic mass is 35.5. The smallest absolute Gasteiger partial charge is 0.420 e. The maximum absolute atomic E-state index is 14.9. The molecule has 4 atom stereocenters. The number of carbonyl (C=O) groups is 2. The maximum Gasteiger partial charge on any atom is 0.420 e. The molecule has 4 aliphatic rings. The van der Waals surface area contributed by atoms with Crippen molar-refractivity contribution in [2.75, 3.05) is 26.7 Å². The fourth-order valence-corrected chi connectivity index (χ4v) is 9.84. The summed E-state index contributed by atoms with van der Waals surface area (Å²) in [5.74, 6) is -0.817. The van der Waals surface area contributed by atoms with E-state index in [2.05, 4.69) is 20.6 Å². The number of ether oxygens (including phenoxy) is 2. The van der Waals surface area contributed by atoms with Crippen LogP contribution in [0, 0.1) is 5.92 Å². The van der Waals surface area contributed by atoms with Crippen molar-refractivity contribution in [3.05, 3.63) is 92.0 Å². The zero-order valence-electron chi connectivity index (χ0n) is 31.9. The van der Waals surface area contributed by atoms with Gasteiger partial charge in [-0.3, -0.25) is 14.5 Å². The quantitative estimate of drug-likeness (QED) is 0.118. The van der Waals surface area contributed by atoms with E-state index in [1.165, 1.54) is 7.11 Å². The predicted molar refractivity (Wildman–Crippen MR) is 214 cm³/mol. The number of rotatable bonds is 11. The molecule has 0 spiro atoms. The lowest BCUT2D eigenvalue weighted by Gasteiger charge is -2.25. The standard InChI is InChI=1S/C43H40Cl2F3N5O6/c1-57-39-22(18-49-19-23-8-13-35(54)50-23)16-31(44)41(52-39)58-34-12-10-25-24(4-2-5-26(25)34)28-6-3-7-29(37(28)45)40-51-32-17-30-27(36(38(32)59-40)43(46,47)48)9-11-33(30)53-15-14-21(20-53)42(55)56/h2-7,16-17,21,23,33-34,49H,8-15,18-20H2,1H3,(H,50,54)(H,55,56)/t21-,23-,33-,34+/m1/s1. The van der Waals surface area contributed by atoms with Crippen LogP contribution in [-0.2, 0) is 35.2 Å². The molecule has 1 amide bonds. The zero-order valence-corrected chi connectivity index (χ0v) is 33.4. The summed E-state index contributed by atoms with van der Waals surface area (Å²) >= 11 is 13.8.